The van der Waals surface area contributed by atoms with E-state index in [9.17, 15) is 9.59 Å². The second-order valence-electron chi connectivity index (χ2n) is 5.43. The van der Waals surface area contributed by atoms with Gasteiger partial charge in [-0.25, -0.2) is 0 Å². The summed E-state index contributed by atoms with van der Waals surface area (Å²) in [5, 5.41) is 5.39. The Morgan fingerprint density at radius 1 is 1.05 bits per heavy atom. The van der Waals surface area contributed by atoms with Crippen LogP contribution in [0.4, 0.5) is 0 Å². The maximum atomic E-state index is 11.2. The fourth-order valence-corrected chi connectivity index (χ4v) is 1.78. The standard InChI is InChI=1S/C16H24N2O3/c1-11(2)9-10-21-15-7-5-14(6-8-15)16(17-12(3)19)18-13(4)20/h5-8,11,16H,9-10H2,1-4H3,(H,17,19)(H,18,20). The van der Waals surface area contributed by atoms with Crippen molar-refractivity contribution in [1.29, 1.82) is 0 Å². The Morgan fingerprint density at radius 3 is 2.00 bits per heavy atom. The van der Waals surface area contributed by atoms with Crippen LogP contribution in [0.5, 0.6) is 5.75 Å². The summed E-state index contributed by atoms with van der Waals surface area (Å²) in [4.78, 5) is 22.4. The highest BCUT2D eigenvalue weighted by Crippen LogP contribution is 2.17. The quantitative estimate of drug-likeness (QED) is 0.758. The van der Waals surface area contributed by atoms with Gasteiger partial charge in [-0.1, -0.05) is 26.0 Å². The molecule has 0 bridgehead atoms. The Bertz CT molecular complexity index is 453. The minimum absolute atomic E-state index is 0.203. The number of rotatable bonds is 7. The van der Waals surface area contributed by atoms with Crippen molar-refractivity contribution in [3.8, 4) is 5.75 Å². The molecular formula is C16H24N2O3. The van der Waals surface area contributed by atoms with Crippen molar-refractivity contribution >= 4 is 11.8 Å². The first-order chi connectivity index (χ1) is 9.88. The van der Waals surface area contributed by atoms with Gasteiger partial charge in [0.2, 0.25) is 11.8 Å². The Morgan fingerprint density at radius 2 is 1.57 bits per heavy atom. The number of ether oxygens (including phenoxy) is 1. The average molecular weight is 292 g/mol. The van der Waals surface area contributed by atoms with Gasteiger partial charge in [0.25, 0.3) is 0 Å². The number of hydrogen-bond acceptors (Lipinski definition) is 3. The van der Waals surface area contributed by atoms with E-state index in [-0.39, 0.29) is 11.8 Å². The molecule has 0 aromatic heterocycles. The van der Waals surface area contributed by atoms with Crippen LogP contribution in [0.25, 0.3) is 0 Å². The summed E-state index contributed by atoms with van der Waals surface area (Å²) in [5.41, 5.74) is 0.802. The van der Waals surface area contributed by atoms with Crippen LogP contribution in [0.1, 0.15) is 45.8 Å². The van der Waals surface area contributed by atoms with Crippen LogP contribution >= 0.6 is 0 Å². The number of nitrogens with one attached hydrogen (secondary N) is 2. The molecule has 5 heteroatoms. The van der Waals surface area contributed by atoms with E-state index in [1.54, 1.807) is 0 Å². The second kappa shape index (κ2) is 8.29. The van der Waals surface area contributed by atoms with Gasteiger partial charge in [0.15, 0.2) is 0 Å². The van der Waals surface area contributed by atoms with Crippen molar-refractivity contribution in [2.24, 2.45) is 5.92 Å². The monoisotopic (exact) mass is 292 g/mol. The molecule has 5 nitrogen and oxygen atoms in total. The van der Waals surface area contributed by atoms with Crippen molar-refractivity contribution < 1.29 is 14.3 Å². The zero-order valence-electron chi connectivity index (χ0n) is 13.1. The van der Waals surface area contributed by atoms with Crippen LogP contribution in [0.3, 0.4) is 0 Å². The van der Waals surface area contributed by atoms with E-state index < -0.39 is 6.17 Å². The third-order valence-electron chi connectivity index (χ3n) is 2.87. The SMILES string of the molecule is CC(=O)NC(NC(C)=O)c1ccc(OCCC(C)C)cc1. The molecule has 0 heterocycles. The lowest BCUT2D eigenvalue weighted by Crippen LogP contribution is -2.39. The van der Waals surface area contributed by atoms with Crippen molar-refractivity contribution in [2.45, 2.75) is 40.3 Å². The maximum absolute atomic E-state index is 11.2. The number of benzene rings is 1. The van der Waals surface area contributed by atoms with E-state index in [1.807, 2.05) is 24.3 Å². The van der Waals surface area contributed by atoms with Crippen molar-refractivity contribution in [1.82, 2.24) is 10.6 Å². The minimum Gasteiger partial charge on any atom is -0.494 e. The topological polar surface area (TPSA) is 67.4 Å². The summed E-state index contributed by atoms with van der Waals surface area (Å²) < 4.78 is 5.64. The molecular weight excluding hydrogens is 268 g/mol. The zero-order valence-corrected chi connectivity index (χ0v) is 13.1. The van der Waals surface area contributed by atoms with E-state index in [4.69, 9.17) is 4.74 Å². The van der Waals surface area contributed by atoms with E-state index in [0.717, 1.165) is 17.7 Å². The van der Waals surface area contributed by atoms with Crippen molar-refractivity contribution in [3.63, 3.8) is 0 Å². The molecule has 21 heavy (non-hydrogen) atoms. The molecule has 1 aromatic carbocycles. The highest BCUT2D eigenvalue weighted by atomic mass is 16.5. The molecule has 0 saturated heterocycles. The Kier molecular flexibility index (Phi) is 6.72. The van der Waals surface area contributed by atoms with Crippen molar-refractivity contribution in [3.05, 3.63) is 29.8 Å². The zero-order chi connectivity index (χ0) is 15.8. The molecule has 0 spiro atoms. The number of carbonyl (C=O) groups is 2. The summed E-state index contributed by atoms with van der Waals surface area (Å²) in [5.74, 6) is 0.981. The highest BCUT2D eigenvalue weighted by Gasteiger charge is 2.13. The Balaban J connectivity index is 2.68. The molecule has 2 amide bonds. The molecule has 1 rings (SSSR count). The number of hydrogen-bond donors (Lipinski definition) is 2. The lowest BCUT2D eigenvalue weighted by Gasteiger charge is -2.19. The second-order valence-corrected chi connectivity index (χ2v) is 5.43. The predicted octanol–water partition coefficient (Wildman–Crippen LogP) is 2.38. The molecule has 0 aliphatic rings. The minimum atomic E-state index is -0.523. The maximum Gasteiger partial charge on any atom is 0.218 e. The first-order valence-corrected chi connectivity index (χ1v) is 7.15. The molecule has 1 aromatic rings. The molecule has 0 unspecified atom stereocenters. The first-order valence-electron chi connectivity index (χ1n) is 7.15. The molecule has 0 aliphatic heterocycles. The smallest absolute Gasteiger partial charge is 0.218 e. The van der Waals surface area contributed by atoms with Crippen LogP contribution in [-0.4, -0.2) is 18.4 Å². The van der Waals surface area contributed by atoms with E-state index >= 15 is 0 Å². The van der Waals surface area contributed by atoms with Gasteiger partial charge in [0.1, 0.15) is 11.9 Å². The summed E-state index contributed by atoms with van der Waals surface area (Å²) in [7, 11) is 0. The fourth-order valence-electron chi connectivity index (χ4n) is 1.78. The van der Waals surface area contributed by atoms with Gasteiger partial charge in [-0.15, -0.1) is 0 Å². The Hall–Kier alpha value is -2.04. The van der Waals surface area contributed by atoms with Gasteiger partial charge in [-0.3, -0.25) is 9.59 Å². The summed E-state index contributed by atoms with van der Waals surface area (Å²) in [6, 6.07) is 7.35. The largest absolute Gasteiger partial charge is 0.494 e. The third-order valence-corrected chi connectivity index (χ3v) is 2.87. The first kappa shape index (κ1) is 17.0. The summed E-state index contributed by atoms with van der Waals surface area (Å²) in [6.07, 6.45) is 0.479. The number of carbonyl (C=O) groups excluding carboxylic acids is 2. The van der Waals surface area contributed by atoms with E-state index in [0.29, 0.717) is 12.5 Å². The van der Waals surface area contributed by atoms with Gasteiger partial charge >= 0.3 is 0 Å². The molecule has 0 aliphatic carbocycles. The molecule has 0 saturated carbocycles. The Labute approximate surface area is 126 Å². The molecule has 0 atom stereocenters. The summed E-state index contributed by atoms with van der Waals surface area (Å²) in [6.45, 7) is 7.81. The van der Waals surface area contributed by atoms with Gasteiger partial charge in [0, 0.05) is 13.8 Å². The average Bonchev–Trinajstić information content (AvgIpc) is 2.37. The van der Waals surface area contributed by atoms with Crippen LogP contribution in [0.2, 0.25) is 0 Å². The van der Waals surface area contributed by atoms with Gasteiger partial charge in [-0.2, -0.15) is 0 Å². The predicted molar refractivity (Wildman–Crippen MR) is 81.8 cm³/mol. The van der Waals surface area contributed by atoms with Gasteiger partial charge in [-0.05, 0) is 30.0 Å². The van der Waals surface area contributed by atoms with Crippen LogP contribution in [0, 0.1) is 5.92 Å². The molecule has 2 N–H and O–H groups in total. The normalized spacial score (nSPS) is 10.6. The fraction of sp³-hybridized carbons (Fsp3) is 0.500. The third kappa shape index (κ3) is 6.79. The van der Waals surface area contributed by atoms with Gasteiger partial charge < -0.3 is 15.4 Å². The molecule has 0 fully saturated rings. The molecule has 116 valence electrons. The van der Waals surface area contributed by atoms with Gasteiger partial charge in [0.05, 0.1) is 6.61 Å². The highest BCUT2D eigenvalue weighted by molar-refractivity contribution is 5.76. The number of amides is 2. The van der Waals surface area contributed by atoms with Crippen molar-refractivity contribution in [2.75, 3.05) is 6.61 Å². The lowest BCUT2D eigenvalue weighted by atomic mass is 10.1. The lowest BCUT2D eigenvalue weighted by molar-refractivity contribution is -0.122. The molecule has 0 radical (unpaired) electrons. The van der Waals surface area contributed by atoms with E-state index in [1.165, 1.54) is 13.8 Å². The van der Waals surface area contributed by atoms with Crippen LogP contribution < -0.4 is 15.4 Å². The van der Waals surface area contributed by atoms with Crippen LogP contribution in [0.15, 0.2) is 24.3 Å². The summed E-state index contributed by atoms with van der Waals surface area (Å²) >= 11 is 0. The van der Waals surface area contributed by atoms with E-state index in [2.05, 4.69) is 24.5 Å². The van der Waals surface area contributed by atoms with Crippen LogP contribution in [-0.2, 0) is 9.59 Å².